The molecule has 2 N–H and O–H groups in total. The number of anilines is 1. The van der Waals surface area contributed by atoms with Gasteiger partial charge in [0, 0.05) is 10.6 Å². The van der Waals surface area contributed by atoms with Crippen molar-refractivity contribution in [2.45, 2.75) is 9.79 Å². The van der Waals surface area contributed by atoms with Crippen molar-refractivity contribution in [3.8, 4) is 6.07 Å². The zero-order chi connectivity index (χ0) is 14.0. The molecule has 2 rings (SSSR count). The van der Waals surface area contributed by atoms with Crippen LogP contribution in [0, 0.1) is 23.0 Å². The summed E-state index contributed by atoms with van der Waals surface area (Å²) in [5, 5.41) is 9.24. The average molecular weight is 297 g/mol. The Kier molecular flexibility index (Phi) is 3.93. The van der Waals surface area contributed by atoms with Crippen LogP contribution in [0.15, 0.2) is 40.1 Å². The monoisotopic (exact) mass is 296 g/mol. The topological polar surface area (TPSA) is 49.8 Å². The fourth-order valence-corrected chi connectivity index (χ4v) is 2.69. The summed E-state index contributed by atoms with van der Waals surface area (Å²) >= 11 is 6.66. The fraction of sp³-hybridized carbons (Fsp3) is 0. The maximum absolute atomic E-state index is 13.7. The first kappa shape index (κ1) is 13.7. The van der Waals surface area contributed by atoms with E-state index in [2.05, 4.69) is 0 Å². The minimum atomic E-state index is -0.772. The molecule has 2 aromatic carbocycles. The smallest absolute Gasteiger partial charge is 0.142 e. The first-order valence-electron chi connectivity index (χ1n) is 5.14. The van der Waals surface area contributed by atoms with E-state index >= 15 is 0 Å². The Hall–Kier alpha value is -1.77. The van der Waals surface area contributed by atoms with Gasteiger partial charge in [0.2, 0.25) is 0 Å². The third-order valence-corrected chi connectivity index (χ3v) is 3.79. The molecule has 0 bridgehead atoms. The second-order valence-corrected chi connectivity index (χ2v) is 5.10. The molecule has 0 saturated heterocycles. The minimum absolute atomic E-state index is 0.00551. The van der Waals surface area contributed by atoms with Gasteiger partial charge in [-0.25, -0.2) is 8.78 Å². The van der Waals surface area contributed by atoms with Gasteiger partial charge in [-0.05, 0) is 24.3 Å². The van der Waals surface area contributed by atoms with E-state index in [1.807, 2.05) is 6.07 Å². The highest BCUT2D eigenvalue weighted by Gasteiger charge is 2.15. The Morgan fingerprint density at radius 2 is 1.84 bits per heavy atom. The van der Waals surface area contributed by atoms with Crippen LogP contribution in [-0.2, 0) is 0 Å². The van der Waals surface area contributed by atoms with Crippen molar-refractivity contribution in [1.82, 2.24) is 0 Å². The van der Waals surface area contributed by atoms with E-state index in [9.17, 15) is 8.78 Å². The summed E-state index contributed by atoms with van der Waals surface area (Å²) in [6.07, 6.45) is 0. The van der Waals surface area contributed by atoms with Crippen LogP contribution in [0.4, 0.5) is 14.5 Å². The van der Waals surface area contributed by atoms with Crippen molar-refractivity contribution < 1.29 is 8.78 Å². The molecule has 0 saturated carbocycles. The van der Waals surface area contributed by atoms with Crippen molar-refractivity contribution in [3.05, 3.63) is 52.6 Å². The minimum Gasteiger partial charge on any atom is -0.399 e. The lowest BCUT2D eigenvalue weighted by Gasteiger charge is -2.08. The SMILES string of the molecule is N#Cc1c(Cl)cccc1Sc1c(F)cc(N)cc1F. The lowest BCUT2D eigenvalue weighted by atomic mass is 10.2. The molecule has 0 aliphatic heterocycles. The number of nitrogens with zero attached hydrogens (tertiary/aromatic N) is 1. The second-order valence-electron chi connectivity index (χ2n) is 3.64. The van der Waals surface area contributed by atoms with Gasteiger partial charge in [-0.1, -0.05) is 29.4 Å². The predicted octanol–water partition coefficient (Wildman–Crippen LogP) is 4.22. The van der Waals surface area contributed by atoms with Gasteiger partial charge < -0.3 is 5.73 Å². The molecule has 96 valence electrons. The number of hydrogen-bond donors (Lipinski definition) is 1. The van der Waals surface area contributed by atoms with Crippen LogP contribution < -0.4 is 5.73 Å². The molecule has 0 spiro atoms. The number of halogens is 3. The van der Waals surface area contributed by atoms with Crippen molar-refractivity contribution in [2.24, 2.45) is 0 Å². The van der Waals surface area contributed by atoms with Crippen LogP contribution in [0.1, 0.15) is 5.56 Å². The fourth-order valence-electron chi connectivity index (χ4n) is 1.48. The largest absolute Gasteiger partial charge is 0.399 e. The maximum Gasteiger partial charge on any atom is 0.142 e. The zero-order valence-corrected chi connectivity index (χ0v) is 11.0. The third-order valence-electron chi connectivity index (χ3n) is 2.32. The lowest BCUT2D eigenvalue weighted by molar-refractivity contribution is 0.542. The molecule has 0 radical (unpaired) electrons. The number of benzene rings is 2. The molecule has 2 nitrogen and oxygen atoms in total. The molecule has 0 aliphatic carbocycles. The van der Waals surface area contributed by atoms with E-state index in [0.717, 1.165) is 23.9 Å². The molecule has 0 fully saturated rings. The van der Waals surface area contributed by atoms with Gasteiger partial charge in [-0.3, -0.25) is 0 Å². The summed E-state index contributed by atoms with van der Waals surface area (Å²) < 4.78 is 27.4. The summed E-state index contributed by atoms with van der Waals surface area (Å²) in [6.45, 7) is 0. The van der Waals surface area contributed by atoms with Crippen molar-refractivity contribution in [3.63, 3.8) is 0 Å². The zero-order valence-electron chi connectivity index (χ0n) is 9.45. The molecule has 0 unspecified atom stereocenters. The van der Waals surface area contributed by atoms with Crippen LogP contribution in [0.25, 0.3) is 0 Å². The van der Waals surface area contributed by atoms with E-state index in [4.69, 9.17) is 22.6 Å². The Morgan fingerprint density at radius 1 is 1.21 bits per heavy atom. The molecule has 0 heterocycles. The summed E-state index contributed by atoms with van der Waals surface area (Å²) in [7, 11) is 0. The number of nitriles is 1. The summed E-state index contributed by atoms with van der Waals surface area (Å²) in [4.78, 5) is 0.172. The Bertz CT molecular complexity index is 660. The normalized spacial score (nSPS) is 10.2. The van der Waals surface area contributed by atoms with Gasteiger partial charge in [-0.2, -0.15) is 5.26 Å². The molecule has 19 heavy (non-hydrogen) atoms. The third kappa shape index (κ3) is 2.80. The highest BCUT2D eigenvalue weighted by atomic mass is 35.5. The van der Waals surface area contributed by atoms with E-state index in [1.54, 1.807) is 18.2 Å². The molecule has 0 atom stereocenters. The van der Waals surface area contributed by atoms with Gasteiger partial charge in [-0.15, -0.1) is 0 Å². The van der Waals surface area contributed by atoms with Gasteiger partial charge in [0.25, 0.3) is 0 Å². The number of hydrogen-bond acceptors (Lipinski definition) is 3. The highest BCUT2D eigenvalue weighted by molar-refractivity contribution is 7.99. The van der Waals surface area contributed by atoms with Crippen molar-refractivity contribution in [1.29, 1.82) is 5.26 Å². The quantitative estimate of drug-likeness (QED) is 0.844. The summed E-state index contributed by atoms with van der Waals surface area (Å²) in [5.74, 6) is -1.54. The van der Waals surface area contributed by atoms with Crippen molar-refractivity contribution >= 4 is 29.1 Å². The van der Waals surface area contributed by atoms with Crippen LogP contribution >= 0.6 is 23.4 Å². The van der Waals surface area contributed by atoms with Gasteiger partial charge >= 0.3 is 0 Å². The van der Waals surface area contributed by atoms with Crippen LogP contribution in [0.2, 0.25) is 5.02 Å². The lowest BCUT2D eigenvalue weighted by Crippen LogP contribution is -1.93. The van der Waals surface area contributed by atoms with Crippen molar-refractivity contribution in [2.75, 3.05) is 5.73 Å². The molecule has 6 heteroatoms. The van der Waals surface area contributed by atoms with E-state index in [-0.39, 0.29) is 21.2 Å². The van der Waals surface area contributed by atoms with E-state index in [0.29, 0.717) is 4.90 Å². The molecular formula is C13H7ClF2N2S. The summed E-state index contributed by atoms with van der Waals surface area (Å²) in [6, 6.07) is 8.70. The van der Waals surface area contributed by atoms with Gasteiger partial charge in [0.05, 0.1) is 15.5 Å². The number of rotatable bonds is 2. The average Bonchev–Trinajstić information content (AvgIpc) is 2.34. The van der Waals surface area contributed by atoms with Gasteiger partial charge in [0.15, 0.2) is 0 Å². The summed E-state index contributed by atoms with van der Waals surface area (Å²) in [5.41, 5.74) is 5.53. The first-order valence-corrected chi connectivity index (χ1v) is 6.33. The van der Waals surface area contributed by atoms with Crippen LogP contribution in [-0.4, -0.2) is 0 Å². The second kappa shape index (κ2) is 5.47. The first-order chi connectivity index (χ1) is 9.02. The molecule has 2 aromatic rings. The van der Waals surface area contributed by atoms with Gasteiger partial charge in [0.1, 0.15) is 17.7 Å². The molecule has 0 aromatic heterocycles. The maximum atomic E-state index is 13.7. The predicted molar refractivity (Wildman–Crippen MR) is 71.1 cm³/mol. The Balaban J connectivity index is 2.49. The molecular weight excluding hydrogens is 290 g/mol. The Labute approximate surface area is 117 Å². The highest BCUT2D eigenvalue weighted by Crippen LogP contribution is 2.36. The number of nitrogens with two attached hydrogens (primary N) is 1. The number of nitrogen functional groups attached to an aromatic ring is 1. The van der Waals surface area contributed by atoms with Crippen LogP contribution in [0.5, 0.6) is 0 Å². The van der Waals surface area contributed by atoms with E-state index < -0.39 is 11.6 Å². The Morgan fingerprint density at radius 3 is 2.42 bits per heavy atom. The van der Waals surface area contributed by atoms with E-state index in [1.165, 1.54) is 0 Å². The molecule has 0 aliphatic rings. The molecule has 0 amide bonds. The van der Waals surface area contributed by atoms with Crippen LogP contribution in [0.3, 0.4) is 0 Å². The standard InChI is InChI=1S/C13H7ClF2N2S/c14-9-2-1-3-12(8(9)6-17)19-13-10(15)4-7(18)5-11(13)16/h1-5H,18H2.